The van der Waals surface area contributed by atoms with Gasteiger partial charge in [-0.2, -0.15) is 0 Å². The Hall–Kier alpha value is 0.661. The molecule has 0 atom stereocenters. The van der Waals surface area contributed by atoms with Gasteiger partial charge < -0.3 is 0 Å². The van der Waals surface area contributed by atoms with E-state index in [-0.39, 0.29) is 0 Å². The molecule has 0 unspecified atom stereocenters. The van der Waals surface area contributed by atoms with E-state index < -0.39 is 0 Å². The van der Waals surface area contributed by atoms with Crippen LogP contribution in [0.25, 0.3) is 0 Å². The van der Waals surface area contributed by atoms with E-state index in [0.29, 0.717) is 0 Å². The van der Waals surface area contributed by atoms with Crippen molar-refractivity contribution in [3.8, 4) is 5.75 Å². The second-order valence-electron chi connectivity index (χ2n) is 1.56. The first kappa shape index (κ1) is 7.76. The fourth-order valence-electron chi connectivity index (χ4n) is 0.503. The third-order valence-corrected chi connectivity index (χ3v) is 1.94. The van der Waals surface area contributed by atoms with Crippen LogP contribution < -0.4 is 1.06 Å². The fourth-order valence-corrected chi connectivity index (χ4v) is 1.07. The van der Waals surface area contributed by atoms with Gasteiger partial charge >= 0.3 is 87.1 Å². The molecule has 3 heteroatoms. The molecule has 0 bridgehead atoms. The van der Waals surface area contributed by atoms with Crippen molar-refractivity contribution in [2.24, 2.45) is 0 Å². The van der Waals surface area contributed by atoms with Crippen molar-refractivity contribution in [2.75, 3.05) is 0 Å². The second kappa shape index (κ2) is 3.74. The monoisotopic (exact) mass is 269 g/mol. The molecule has 0 aliphatic rings. The minimum absolute atomic E-state index is 0.731. The molecule has 0 N–H and O–H groups in total. The van der Waals surface area contributed by atoms with Gasteiger partial charge in [-0.3, -0.25) is 0 Å². The molecule has 0 aliphatic carbocycles. The van der Waals surface area contributed by atoms with Gasteiger partial charge in [0.1, 0.15) is 0 Å². The summed E-state index contributed by atoms with van der Waals surface area (Å²) < 4.78 is 5.05. The zero-order valence-electron chi connectivity index (χ0n) is 4.60. The quantitative estimate of drug-likeness (QED) is 0.761. The summed E-state index contributed by atoms with van der Waals surface area (Å²) in [7, 11) is 0. The Balaban J connectivity index is 2.88. The van der Waals surface area contributed by atoms with Gasteiger partial charge in [-0.1, -0.05) is 0 Å². The zero-order chi connectivity index (χ0) is 6.69. The summed E-state index contributed by atoms with van der Waals surface area (Å²) >= 11 is 6.36. The standard InChI is InChI=1S/C6H5ClO.Nd/c7-5-1-3-6(8)4-2-5;/h1-4,8H;/q;+1/p-1. The van der Waals surface area contributed by atoms with Gasteiger partial charge in [0.05, 0.1) is 0 Å². The van der Waals surface area contributed by atoms with Gasteiger partial charge in [0, 0.05) is 0 Å². The summed E-state index contributed by atoms with van der Waals surface area (Å²) in [6.07, 6.45) is 0. The molecule has 0 fully saturated rings. The molecule has 0 aliphatic heterocycles. The first-order valence-electron chi connectivity index (χ1n) is 2.42. The van der Waals surface area contributed by atoms with E-state index >= 15 is 0 Å². The molecule has 1 rings (SSSR count). The number of benzene rings is 1. The number of hydrogen-bond donors (Lipinski definition) is 0. The van der Waals surface area contributed by atoms with E-state index in [0.717, 1.165) is 50.1 Å². The molecular weight excluding hydrogens is 268 g/mol. The van der Waals surface area contributed by atoms with Crippen molar-refractivity contribution in [3.05, 3.63) is 29.3 Å². The summed E-state index contributed by atoms with van der Waals surface area (Å²) in [4.78, 5) is 0. The Kier molecular flexibility index (Phi) is 3.22. The summed E-state index contributed by atoms with van der Waals surface area (Å²) in [6, 6.07) is 7.34. The molecule has 0 aromatic heterocycles. The van der Waals surface area contributed by atoms with Crippen molar-refractivity contribution >= 4 is 11.6 Å². The van der Waals surface area contributed by atoms with E-state index in [4.69, 9.17) is 12.7 Å². The van der Waals surface area contributed by atoms with Gasteiger partial charge in [-0.15, -0.1) is 0 Å². The van der Waals surface area contributed by atoms with Crippen LogP contribution in [0.5, 0.6) is 5.75 Å². The van der Waals surface area contributed by atoms with Gasteiger partial charge in [0.25, 0.3) is 0 Å². The van der Waals surface area contributed by atoms with Gasteiger partial charge in [-0.05, 0) is 0 Å². The molecule has 9 heavy (non-hydrogen) atoms. The molecular formula is C6H4ClNdO. The predicted octanol–water partition coefficient (Wildman–Crippen LogP) is 2.18. The third kappa shape index (κ3) is 2.40. The van der Waals surface area contributed by atoms with E-state index in [9.17, 15) is 0 Å². The topological polar surface area (TPSA) is 9.23 Å². The van der Waals surface area contributed by atoms with E-state index in [2.05, 4.69) is 0 Å². The molecule has 0 saturated heterocycles. The van der Waals surface area contributed by atoms with Crippen LogP contribution in [0.1, 0.15) is 0 Å². The van der Waals surface area contributed by atoms with Crippen LogP contribution in [0, 0.1) is 39.4 Å². The molecule has 1 nitrogen and oxygen atoms in total. The maximum atomic E-state index is 5.62. The predicted molar refractivity (Wildman–Crippen MR) is 32.1 cm³/mol. The molecule has 0 spiro atoms. The Morgan fingerprint density at radius 3 is 2.22 bits per heavy atom. The zero-order valence-corrected chi connectivity index (χ0v) is 8.56. The van der Waals surface area contributed by atoms with Crippen molar-refractivity contribution in [2.45, 2.75) is 0 Å². The van der Waals surface area contributed by atoms with Crippen LogP contribution in [0.2, 0.25) is 5.02 Å². The van der Waals surface area contributed by atoms with E-state index in [1.165, 1.54) is 0 Å². The SMILES string of the molecule is Clc1ccc([O][Nd])cc1. The molecule has 0 amide bonds. The number of hydrogen-bond acceptors (Lipinski definition) is 1. The van der Waals surface area contributed by atoms with Gasteiger partial charge in [0.15, 0.2) is 0 Å². The first-order chi connectivity index (χ1) is 4.33. The first-order valence-corrected chi connectivity index (χ1v) is 4.11. The average Bonchev–Trinajstić information content (AvgIpc) is 1.90. The summed E-state index contributed by atoms with van der Waals surface area (Å²) in [5.41, 5.74) is 0. The van der Waals surface area contributed by atoms with E-state index in [1.54, 1.807) is 0 Å². The van der Waals surface area contributed by atoms with Crippen LogP contribution >= 0.6 is 11.6 Å². The molecule has 1 aromatic carbocycles. The molecule has 1 aromatic rings. The number of rotatable bonds is 1. The number of halogens is 1. The van der Waals surface area contributed by atoms with Crippen LogP contribution in [-0.2, 0) is 0 Å². The molecule has 0 saturated carbocycles. The minimum atomic E-state index is 0.731. The Labute approximate surface area is 86.0 Å². The Morgan fingerprint density at radius 2 is 1.78 bits per heavy atom. The van der Waals surface area contributed by atoms with Gasteiger partial charge in [0.2, 0.25) is 0 Å². The molecule has 45 valence electrons. The van der Waals surface area contributed by atoms with Crippen molar-refractivity contribution < 1.29 is 40.4 Å². The summed E-state index contributed by atoms with van der Waals surface area (Å²) in [5, 5.41) is 0.748. The fraction of sp³-hybridized carbons (Fsp3) is 0. The van der Waals surface area contributed by atoms with Crippen LogP contribution in [0.3, 0.4) is 0 Å². The summed E-state index contributed by atoms with van der Waals surface area (Å²) in [5.74, 6) is 0.895. The Morgan fingerprint density at radius 1 is 1.22 bits per heavy atom. The Bertz CT molecular complexity index is 185. The van der Waals surface area contributed by atoms with Crippen molar-refractivity contribution in [3.63, 3.8) is 0 Å². The summed E-state index contributed by atoms with van der Waals surface area (Å²) in [6.45, 7) is 0. The molecule has 0 radical (unpaired) electrons. The van der Waals surface area contributed by atoms with Crippen LogP contribution in [-0.4, -0.2) is 0 Å². The maximum absolute atomic E-state index is 5.62. The van der Waals surface area contributed by atoms with Crippen LogP contribution in [0.15, 0.2) is 24.3 Å². The average molecular weight is 272 g/mol. The third-order valence-electron chi connectivity index (χ3n) is 0.931. The van der Waals surface area contributed by atoms with Gasteiger partial charge in [-0.25, -0.2) is 0 Å². The van der Waals surface area contributed by atoms with Crippen LogP contribution in [0.4, 0.5) is 0 Å². The second-order valence-corrected chi connectivity index (χ2v) is 2.65. The van der Waals surface area contributed by atoms with E-state index in [1.807, 2.05) is 24.3 Å². The normalized spacial score (nSPS) is 8.89. The molecule has 0 heterocycles. The van der Waals surface area contributed by atoms with Crippen molar-refractivity contribution in [1.29, 1.82) is 0 Å². The van der Waals surface area contributed by atoms with Crippen molar-refractivity contribution in [1.82, 2.24) is 0 Å².